The zero-order chi connectivity index (χ0) is 27.1. The van der Waals surface area contributed by atoms with Gasteiger partial charge in [0.25, 0.3) is 11.6 Å². The summed E-state index contributed by atoms with van der Waals surface area (Å²) in [4.78, 5) is 35.2. The molecule has 0 aliphatic rings. The first kappa shape index (κ1) is 27.7. The second-order valence-corrected chi connectivity index (χ2v) is 9.75. The van der Waals surface area contributed by atoms with E-state index in [0.29, 0.717) is 28.0 Å². The number of anilines is 1. The highest BCUT2D eigenvalue weighted by Crippen LogP contribution is 2.27. The summed E-state index contributed by atoms with van der Waals surface area (Å²) >= 11 is 1.17. The number of carbonyl (C=O) groups excluding carboxylic acids is 2. The number of aromatic nitrogens is 3. The van der Waals surface area contributed by atoms with E-state index in [1.54, 1.807) is 24.6 Å². The van der Waals surface area contributed by atoms with Gasteiger partial charge in [-0.05, 0) is 42.5 Å². The normalized spacial score (nSPS) is 10.9. The Balaban J connectivity index is 1.50. The third kappa shape index (κ3) is 7.53. The molecule has 0 unspecified atom stereocenters. The molecular formula is C25H30N6O5S. The number of nitro groups is 1. The lowest BCUT2D eigenvalue weighted by atomic mass is 10.0. The van der Waals surface area contributed by atoms with E-state index in [1.807, 2.05) is 25.1 Å². The number of hydrogen-bond donors (Lipinski definition) is 2. The van der Waals surface area contributed by atoms with Crippen LogP contribution >= 0.6 is 11.8 Å². The maximum Gasteiger partial charge on any atom is 0.271 e. The Kier molecular flexibility index (Phi) is 9.23. The Morgan fingerprint density at radius 1 is 1.14 bits per heavy atom. The fourth-order valence-corrected chi connectivity index (χ4v) is 4.14. The highest BCUT2D eigenvalue weighted by molar-refractivity contribution is 7.99. The summed E-state index contributed by atoms with van der Waals surface area (Å²) in [5.74, 6) is 0.889. The van der Waals surface area contributed by atoms with Gasteiger partial charge in [-0.1, -0.05) is 43.8 Å². The van der Waals surface area contributed by atoms with Crippen molar-refractivity contribution in [2.24, 2.45) is 7.05 Å². The van der Waals surface area contributed by atoms with Crippen LogP contribution in [0.3, 0.4) is 0 Å². The molecule has 0 bridgehead atoms. The second kappa shape index (κ2) is 12.3. The second-order valence-electron chi connectivity index (χ2n) is 8.81. The molecule has 3 aromatic rings. The van der Waals surface area contributed by atoms with E-state index in [2.05, 4.69) is 34.7 Å². The molecule has 0 aliphatic heterocycles. The van der Waals surface area contributed by atoms with Gasteiger partial charge in [0, 0.05) is 19.2 Å². The van der Waals surface area contributed by atoms with Crippen molar-refractivity contribution < 1.29 is 19.2 Å². The summed E-state index contributed by atoms with van der Waals surface area (Å²) in [6, 6.07) is 10.2. The van der Waals surface area contributed by atoms with Crippen molar-refractivity contribution in [3.05, 3.63) is 69.0 Å². The minimum Gasteiger partial charge on any atom is -0.483 e. The molecule has 12 heteroatoms. The van der Waals surface area contributed by atoms with Gasteiger partial charge in [0.1, 0.15) is 5.75 Å². The van der Waals surface area contributed by atoms with E-state index >= 15 is 0 Å². The van der Waals surface area contributed by atoms with E-state index < -0.39 is 4.92 Å². The molecule has 196 valence electrons. The average Bonchev–Trinajstić information content (AvgIpc) is 3.20. The lowest BCUT2D eigenvalue weighted by Gasteiger charge is -2.14. The Bertz CT molecular complexity index is 1310. The van der Waals surface area contributed by atoms with Crippen LogP contribution in [0.5, 0.6) is 5.75 Å². The number of rotatable bonds is 11. The van der Waals surface area contributed by atoms with Crippen molar-refractivity contribution in [3.63, 3.8) is 0 Å². The number of nitrogens with zero attached hydrogens (tertiary/aromatic N) is 4. The first-order valence-electron chi connectivity index (χ1n) is 11.6. The number of benzene rings is 2. The third-order valence-corrected chi connectivity index (χ3v) is 6.58. The van der Waals surface area contributed by atoms with Crippen LogP contribution < -0.4 is 15.4 Å². The number of amides is 2. The van der Waals surface area contributed by atoms with Crippen LogP contribution in [0.25, 0.3) is 0 Å². The summed E-state index contributed by atoms with van der Waals surface area (Å²) in [6.45, 7) is 7.89. The molecule has 0 atom stereocenters. The van der Waals surface area contributed by atoms with Crippen LogP contribution in [0, 0.1) is 24.0 Å². The third-order valence-electron chi connectivity index (χ3n) is 5.56. The van der Waals surface area contributed by atoms with E-state index in [9.17, 15) is 19.7 Å². The van der Waals surface area contributed by atoms with Crippen LogP contribution in [0.2, 0.25) is 0 Å². The van der Waals surface area contributed by atoms with E-state index in [4.69, 9.17) is 4.74 Å². The van der Waals surface area contributed by atoms with Gasteiger partial charge in [-0.2, -0.15) is 0 Å². The minimum absolute atomic E-state index is 0.0307. The maximum atomic E-state index is 12.4. The van der Waals surface area contributed by atoms with Crippen LogP contribution in [0.4, 0.5) is 11.4 Å². The van der Waals surface area contributed by atoms with Crippen molar-refractivity contribution >= 4 is 35.0 Å². The summed E-state index contributed by atoms with van der Waals surface area (Å²) in [5.41, 5.74) is 3.09. The molecule has 2 amide bonds. The van der Waals surface area contributed by atoms with Crippen LogP contribution in [0.15, 0.2) is 41.6 Å². The first-order chi connectivity index (χ1) is 17.5. The molecule has 2 N–H and O–H groups in total. The van der Waals surface area contributed by atoms with Gasteiger partial charge in [-0.15, -0.1) is 10.2 Å². The molecule has 1 heterocycles. The lowest BCUT2D eigenvalue weighted by Crippen LogP contribution is -2.29. The predicted octanol–water partition coefficient (Wildman–Crippen LogP) is 3.89. The number of nitrogens with one attached hydrogen (secondary N) is 2. The zero-order valence-corrected chi connectivity index (χ0v) is 22.2. The van der Waals surface area contributed by atoms with Crippen LogP contribution in [0.1, 0.15) is 42.3 Å². The number of ether oxygens (including phenoxy) is 1. The SMILES string of the molecule is Cc1ccc(C(C)C)c(OCC(=O)NCc2nnc(SCC(=O)Nc3cc([N+](=O)[O-])ccc3C)n2C)c1. The van der Waals surface area contributed by atoms with Gasteiger partial charge in [0.05, 0.1) is 22.9 Å². The van der Waals surface area contributed by atoms with Crippen LogP contribution in [-0.4, -0.2) is 43.9 Å². The number of thioether (sulfide) groups is 1. The van der Waals surface area contributed by atoms with E-state index in [0.717, 1.165) is 11.1 Å². The van der Waals surface area contributed by atoms with Gasteiger partial charge >= 0.3 is 0 Å². The molecule has 2 aromatic carbocycles. The molecule has 3 rings (SSSR count). The lowest BCUT2D eigenvalue weighted by molar-refractivity contribution is -0.384. The molecular weight excluding hydrogens is 496 g/mol. The quantitative estimate of drug-likeness (QED) is 0.218. The van der Waals surface area contributed by atoms with Crippen molar-refractivity contribution in [2.75, 3.05) is 17.7 Å². The van der Waals surface area contributed by atoms with Gasteiger partial charge in [0.15, 0.2) is 17.6 Å². The van der Waals surface area contributed by atoms with Crippen LogP contribution in [-0.2, 0) is 23.2 Å². The number of carbonyl (C=O) groups is 2. The predicted molar refractivity (Wildman–Crippen MR) is 141 cm³/mol. The molecule has 0 saturated carbocycles. The number of non-ortho nitro benzene ring substituents is 1. The topological polar surface area (TPSA) is 141 Å². The molecule has 37 heavy (non-hydrogen) atoms. The minimum atomic E-state index is -0.513. The number of aryl methyl sites for hydroxylation is 2. The van der Waals surface area contributed by atoms with Crippen molar-refractivity contribution in [3.8, 4) is 5.75 Å². The monoisotopic (exact) mass is 526 g/mol. The van der Waals surface area contributed by atoms with Gasteiger partial charge in [-0.25, -0.2) is 0 Å². The van der Waals surface area contributed by atoms with Gasteiger partial charge < -0.3 is 19.9 Å². The van der Waals surface area contributed by atoms with Gasteiger partial charge in [0.2, 0.25) is 5.91 Å². The molecule has 0 fully saturated rings. The zero-order valence-electron chi connectivity index (χ0n) is 21.4. The van der Waals surface area contributed by atoms with Crippen molar-refractivity contribution in [2.45, 2.75) is 45.3 Å². The smallest absolute Gasteiger partial charge is 0.271 e. The first-order valence-corrected chi connectivity index (χ1v) is 12.6. The fourth-order valence-electron chi connectivity index (χ4n) is 3.41. The molecule has 11 nitrogen and oxygen atoms in total. The largest absolute Gasteiger partial charge is 0.483 e. The Labute approximate surface area is 219 Å². The molecule has 0 aliphatic carbocycles. The fraction of sp³-hybridized carbons (Fsp3) is 0.360. The average molecular weight is 527 g/mol. The molecule has 0 saturated heterocycles. The standard InChI is InChI=1S/C25H30N6O5S/c1-15(2)19-9-6-16(3)10-21(19)36-13-23(32)26-12-22-28-29-25(30(22)5)37-14-24(33)27-20-11-18(31(34)35)8-7-17(20)4/h6-11,15H,12-14H2,1-5H3,(H,26,32)(H,27,33). The Hall–Kier alpha value is -3.93. The molecule has 0 spiro atoms. The summed E-state index contributed by atoms with van der Waals surface area (Å²) in [6.07, 6.45) is 0. The van der Waals surface area contributed by atoms with E-state index in [-0.39, 0.29) is 42.3 Å². The Morgan fingerprint density at radius 2 is 1.89 bits per heavy atom. The Morgan fingerprint density at radius 3 is 2.59 bits per heavy atom. The van der Waals surface area contributed by atoms with Crippen molar-refractivity contribution in [1.29, 1.82) is 0 Å². The highest BCUT2D eigenvalue weighted by Gasteiger charge is 2.15. The van der Waals surface area contributed by atoms with Gasteiger partial charge in [-0.3, -0.25) is 19.7 Å². The number of nitro benzene ring substituents is 1. The number of hydrogen-bond acceptors (Lipinski definition) is 8. The maximum absolute atomic E-state index is 12.4. The van der Waals surface area contributed by atoms with Crippen molar-refractivity contribution in [1.82, 2.24) is 20.1 Å². The summed E-state index contributed by atoms with van der Waals surface area (Å²) in [7, 11) is 1.74. The highest BCUT2D eigenvalue weighted by atomic mass is 32.2. The van der Waals surface area contributed by atoms with E-state index in [1.165, 1.54) is 23.9 Å². The summed E-state index contributed by atoms with van der Waals surface area (Å²) < 4.78 is 7.46. The summed E-state index contributed by atoms with van der Waals surface area (Å²) in [5, 5.41) is 25.1. The molecule has 1 aromatic heterocycles. The molecule has 0 radical (unpaired) electrons.